The third-order valence-electron chi connectivity index (χ3n) is 4.01. The molecule has 2 N–H and O–H groups in total. The molecule has 0 saturated carbocycles. The number of carbonyl (C=O) groups is 1. The van der Waals surface area contributed by atoms with Crippen molar-refractivity contribution in [2.45, 2.75) is 25.9 Å². The van der Waals surface area contributed by atoms with E-state index in [0.29, 0.717) is 6.54 Å². The molecule has 1 aliphatic rings. The molecule has 5 nitrogen and oxygen atoms in total. The van der Waals surface area contributed by atoms with Crippen LogP contribution >= 0.6 is 12.4 Å². The summed E-state index contributed by atoms with van der Waals surface area (Å²) < 4.78 is 1.90. The number of halogens is 1. The molecule has 124 valence electrons. The number of aromatic nitrogens is 2. The van der Waals surface area contributed by atoms with Crippen molar-refractivity contribution in [3.63, 3.8) is 0 Å². The molecule has 23 heavy (non-hydrogen) atoms. The highest BCUT2D eigenvalue weighted by Crippen LogP contribution is 2.10. The van der Waals surface area contributed by atoms with E-state index in [9.17, 15) is 4.79 Å². The van der Waals surface area contributed by atoms with Crippen molar-refractivity contribution >= 4 is 18.3 Å². The van der Waals surface area contributed by atoms with Crippen LogP contribution in [0.1, 0.15) is 24.0 Å². The van der Waals surface area contributed by atoms with E-state index >= 15 is 0 Å². The Kier molecular flexibility index (Phi) is 6.62. The second-order valence-electron chi connectivity index (χ2n) is 5.79. The Morgan fingerprint density at radius 1 is 1.30 bits per heavy atom. The lowest BCUT2D eigenvalue weighted by Gasteiger charge is -2.21. The molecule has 0 bridgehead atoms. The number of nitrogens with one attached hydrogen (secondary N) is 2. The van der Waals surface area contributed by atoms with Gasteiger partial charge in [0.2, 0.25) is 5.91 Å². The Labute approximate surface area is 142 Å². The zero-order valence-corrected chi connectivity index (χ0v) is 13.9. The lowest BCUT2D eigenvalue weighted by Crippen LogP contribution is -2.40. The van der Waals surface area contributed by atoms with Crippen LogP contribution in [0.25, 0.3) is 0 Å². The fourth-order valence-electron chi connectivity index (χ4n) is 2.76. The van der Waals surface area contributed by atoms with Gasteiger partial charge in [0.1, 0.15) is 0 Å². The summed E-state index contributed by atoms with van der Waals surface area (Å²) in [7, 11) is 0. The van der Waals surface area contributed by atoms with Crippen LogP contribution in [0.2, 0.25) is 0 Å². The number of hydrogen-bond acceptors (Lipinski definition) is 3. The van der Waals surface area contributed by atoms with Gasteiger partial charge in [-0.15, -0.1) is 12.4 Å². The normalized spacial score (nSPS) is 17.3. The van der Waals surface area contributed by atoms with Crippen LogP contribution in [0.4, 0.5) is 0 Å². The second kappa shape index (κ2) is 8.70. The molecule has 3 rings (SSSR count). The molecule has 0 radical (unpaired) electrons. The Bertz CT molecular complexity index is 608. The van der Waals surface area contributed by atoms with Gasteiger partial charge in [0.05, 0.1) is 18.7 Å². The van der Waals surface area contributed by atoms with E-state index in [0.717, 1.165) is 38.0 Å². The highest BCUT2D eigenvalue weighted by molar-refractivity contribution is 5.85. The van der Waals surface area contributed by atoms with Crippen molar-refractivity contribution in [1.29, 1.82) is 0 Å². The lowest BCUT2D eigenvalue weighted by atomic mass is 9.99. The molecule has 2 aromatic rings. The van der Waals surface area contributed by atoms with E-state index in [4.69, 9.17) is 0 Å². The van der Waals surface area contributed by atoms with Gasteiger partial charge in [-0.3, -0.25) is 9.48 Å². The first-order chi connectivity index (χ1) is 10.8. The number of piperidine rings is 1. The van der Waals surface area contributed by atoms with Crippen molar-refractivity contribution in [1.82, 2.24) is 20.4 Å². The summed E-state index contributed by atoms with van der Waals surface area (Å²) in [5.74, 6) is 0.246. The third-order valence-corrected chi connectivity index (χ3v) is 4.01. The van der Waals surface area contributed by atoms with Crippen LogP contribution in [0.15, 0.2) is 42.7 Å². The molecule has 1 aromatic carbocycles. The van der Waals surface area contributed by atoms with Crippen LogP contribution in [-0.4, -0.2) is 28.8 Å². The van der Waals surface area contributed by atoms with Gasteiger partial charge >= 0.3 is 0 Å². The molecular weight excluding hydrogens is 312 g/mol. The summed E-state index contributed by atoms with van der Waals surface area (Å²) in [6.07, 6.45) is 5.87. The SMILES string of the molecule is Cl.O=C(NCc1cnn(Cc2ccccc2)c1)C1CCCNC1. The van der Waals surface area contributed by atoms with Crippen molar-refractivity contribution < 1.29 is 4.79 Å². The van der Waals surface area contributed by atoms with E-state index in [1.807, 2.05) is 35.3 Å². The molecule has 0 spiro atoms. The highest BCUT2D eigenvalue weighted by atomic mass is 35.5. The van der Waals surface area contributed by atoms with Gasteiger partial charge in [-0.25, -0.2) is 0 Å². The number of rotatable bonds is 5. The van der Waals surface area contributed by atoms with Crippen LogP contribution in [0.3, 0.4) is 0 Å². The van der Waals surface area contributed by atoms with E-state index < -0.39 is 0 Å². The summed E-state index contributed by atoms with van der Waals surface area (Å²) in [6.45, 7) is 3.11. The predicted octanol–water partition coefficient (Wildman–Crippen LogP) is 1.97. The van der Waals surface area contributed by atoms with Crippen molar-refractivity contribution in [2.75, 3.05) is 13.1 Å². The van der Waals surface area contributed by atoms with Gasteiger partial charge in [0, 0.05) is 24.8 Å². The molecule has 1 aromatic heterocycles. The Morgan fingerprint density at radius 2 is 2.13 bits per heavy atom. The number of hydrogen-bond donors (Lipinski definition) is 2. The van der Waals surface area contributed by atoms with Gasteiger partial charge in [0.15, 0.2) is 0 Å². The van der Waals surface area contributed by atoms with E-state index in [1.54, 1.807) is 0 Å². The zero-order chi connectivity index (χ0) is 15.2. The number of nitrogens with zero attached hydrogens (tertiary/aromatic N) is 2. The van der Waals surface area contributed by atoms with Gasteiger partial charge in [-0.1, -0.05) is 30.3 Å². The van der Waals surface area contributed by atoms with Crippen LogP contribution in [0, 0.1) is 5.92 Å². The summed E-state index contributed by atoms with van der Waals surface area (Å²) in [5.41, 5.74) is 2.25. The molecule has 6 heteroatoms. The molecule has 1 atom stereocenters. The first kappa shape index (κ1) is 17.5. The molecule has 1 amide bonds. The standard InChI is InChI=1S/C17H22N4O.ClH/c22-17(16-7-4-8-18-11-16)19-9-15-10-20-21(13-15)12-14-5-2-1-3-6-14;/h1-3,5-6,10,13,16,18H,4,7-9,11-12H2,(H,19,22);1H. The molecule has 2 heterocycles. The van der Waals surface area contributed by atoms with Crippen LogP contribution < -0.4 is 10.6 Å². The summed E-state index contributed by atoms with van der Waals surface area (Å²) in [6, 6.07) is 10.2. The van der Waals surface area contributed by atoms with E-state index in [1.165, 1.54) is 5.56 Å². The maximum atomic E-state index is 12.1. The number of carbonyl (C=O) groups excluding carboxylic acids is 1. The number of benzene rings is 1. The first-order valence-electron chi connectivity index (χ1n) is 7.85. The lowest BCUT2D eigenvalue weighted by molar-refractivity contribution is -0.125. The zero-order valence-electron chi connectivity index (χ0n) is 13.1. The summed E-state index contributed by atoms with van der Waals surface area (Å²) >= 11 is 0. The topological polar surface area (TPSA) is 59.0 Å². The minimum absolute atomic E-state index is 0. The van der Waals surface area contributed by atoms with Gasteiger partial charge in [-0.05, 0) is 24.9 Å². The maximum Gasteiger partial charge on any atom is 0.224 e. The minimum Gasteiger partial charge on any atom is -0.352 e. The summed E-state index contributed by atoms with van der Waals surface area (Å²) in [4.78, 5) is 12.1. The average Bonchev–Trinajstić information content (AvgIpc) is 3.02. The van der Waals surface area contributed by atoms with E-state index in [2.05, 4.69) is 27.9 Å². The molecule has 1 unspecified atom stereocenters. The predicted molar refractivity (Wildman–Crippen MR) is 92.5 cm³/mol. The minimum atomic E-state index is 0. The summed E-state index contributed by atoms with van der Waals surface area (Å²) in [5, 5.41) is 10.6. The molecule has 1 fully saturated rings. The Morgan fingerprint density at radius 3 is 2.87 bits per heavy atom. The molecular formula is C17H23ClN4O. The van der Waals surface area contributed by atoms with Gasteiger partial charge < -0.3 is 10.6 Å². The quantitative estimate of drug-likeness (QED) is 0.879. The average molecular weight is 335 g/mol. The Hall–Kier alpha value is -1.85. The second-order valence-corrected chi connectivity index (χ2v) is 5.79. The third kappa shape index (κ3) is 5.08. The monoisotopic (exact) mass is 334 g/mol. The Balaban J connectivity index is 0.00000192. The van der Waals surface area contributed by atoms with Crippen LogP contribution in [-0.2, 0) is 17.9 Å². The van der Waals surface area contributed by atoms with Gasteiger partial charge in [0.25, 0.3) is 0 Å². The smallest absolute Gasteiger partial charge is 0.224 e. The number of amides is 1. The molecule has 0 aliphatic carbocycles. The van der Waals surface area contributed by atoms with Crippen molar-refractivity contribution in [2.24, 2.45) is 5.92 Å². The van der Waals surface area contributed by atoms with Crippen LogP contribution in [0.5, 0.6) is 0 Å². The van der Waals surface area contributed by atoms with Crippen molar-refractivity contribution in [3.8, 4) is 0 Å². The van der Waals surface area contributed by atoms with Gasteiger partial charge in [-0.2, -0.15) is 5.10 Å². The first-order valence-corrected chi connectivity index (χ1v) is 7.85. The fraction of sp³-hybridized carbons (Fsp3) is 0.412. The molecule has 1 aliphatic heterocycles. The highest BCUT2D eigenvalue weighted by Gasteiger charge is 2.20. The fourth-order valence-corrected chi connectivity index (χ4v) is 2.76. The van der Waals surface area contributed by atoms with E-state index in [-0.39, 0.29) is 24.2 Å². The molecule has 1 saturated heterocycles. The largest absolute Gasteiger partial charge is 0.352 e. The maximum absolute atomic E-state index is 12.1. The van der Waals surface area contributed by atoms with Crippen molar-refractivity contribution in [3.05, 3.63) is 53.9 Å².